The molecule has 0 unspecified atom stereocenters. The lowest BCUT2D eigenvalue weighted by atomic mass is 10.2. The van der Waals surface area contributed by atoms with Crippen molar-refractivity contribution in [3.8, 4) is 0 Å². The van der Waals surface area contributed by atoms with Crippen molar-refractivity contribution in [3.05, 3.63) is 65.7 Å². The topological polar surface area (TPSA) is 84.5 Å². The van der Waals surface area contributed by atoms with Gasteiger partial charge in [0.15, 0.2) is 6.61 Å². The third kappa shape index (κ3) is 4.67. The van der Waals surface area contributed by atoms with Crippen LogP contribution < -0.4 is 10.6 Å². The van der Waals surface area contributed by atoms with Gasteiger partial charge in [0.25, 0.3) is 11.8 Å². The number of amides is 2. The van der Waals surface area contributed by atoms with Crippen LogP contribution in [0.5, 0.6) is 0 Å². The van der Waals surface area contributed by atoms with E-state index in [2.05, 4.69) is 10.6 Å². The van der Waals surface area contributed by atoms with Gasteiger partial charge in [0.05, 0.1) is 5.56 Å². The molecule has 0 aliphatic rings. The molecule has 23 heavy (non-hydrogen) atoms. The van der Waals surface area contributed by atoms with E-state index in [0.717, 1.165) is 0 Å². The number of esters is 1. The molecule has 0 bridgehead atoms. The number of hydrogen-bond donors (Lipinski definition) is 2. The molecule has 2 aromatic rings. The Bertz CT molecular complexity index is 714. The van der Waals surface area contributed by atoms with Crippen molar-refractivity contribution >= 4 is 23.5 Å². The van der Waals surface area contributed by atoms with Crippen molar-refractivity contribution in [2.75, 3.05) is 19.0 Å². The third-order valence-electron chi connectivity index (χ3n) is 2.98. The normalized spacial score (nSPS) is 9.78. The van der Waals surface area contributed by atoms with Crippen molar-refractivity contribution in [2.45, 2.75) is 0 Å². The smallest absolute Gasteiger partial charge is 0.338 e. The second-order valence-electron chi connectivity index (χ2n) is 4.65. The van der Waals surface area contributed by atoms with Crippen molar-refractivity contribution in [2.24, 2.45) is 0 Å². The first kappa shape index (κ1) is 16.2. The standard InChI is InChI=1S/C17H16N2O4/c1-18-16(21)13-8-5-9-14(10-13)19-15(20)11-23-17(22)12-6-3-2-4-7-12/h2-10H,11H2,1H3,(H,18,21)(H,19,20). The van der Waals surface area contributed by atoms with Crippen molar-refractivity contribution in [1.29, 1.82) is 0 Å². The van der Waals surface area contributed by atoms with Crippen LogP contribution in [-0.4, -0.2) is 31.4 Å². The summed E-state index contributed by atoms with van der Waals surface area (Å²) < 4.78 is 4.93. The van der Waals surface area contributed by atoms with Gasteiger partial charge in [0.1, 0.15) is 0 Å². The molecule has 0 saturated heterocycles. The van der Waals surface area contributed by atoms with Crippen LogP contribution in [0.3, 0.4) is 0 Å². The van der Waals surface area contributed by atoms with Gasteiger partial charge in [-0.2, -0.15) is 0 Å². The highest BCUT2D eigenvalue weighted by Crippen LogP contribution is 2.10. The van der Waals surface area contributed by atoms with Crippen LogP contribution in [0.2, 0.25) is 0 Å². The SMILES string of the molecule is CNC(=O)c1cccc(NC(=O)COC(=O)c2ccccc2)c1. The van der Waals surface area contributed by atoms with E-state index >= 15 is 0 Å². The molecule has 0 aromatic heterocycles. The highest BCUT2D eigenvalue weighted by atomic mass is 16.5. The lowest BCUT2D eigenvalue weighted by Gasteiger charge is -2.08. The predicted molar refractivity (Wildman–Crippen MR) is 85.2 cm³/mol. The highest BCUT2D eigenvalue weighted by Gasteiger charge is 2.10. The summed E-state index contributed by atoms with van der Waals surface area (Å²) >= 11 is 0. The fourth-order valence-electron chi connectivity index (χ4n) is 1.87. The molecule has 0 aliphatic carbocycles. The Hall–Kier alpha value is -3.15. The van der Waals surface area contributed by atoms with E-state index in [9.17, 15) is 14.4 Å². The number of ether oxygens (including phenoxy) is 1. The van der Waals surface area contributed by atoms with Crippen molar-refractivity contribution in [3.63, 3.8) is 0 Å². The van der Waals surface area contributed by atoms with Crippen molar-refractivity contribution < 1.29 is 19.1 Å². The van der Waals surface area contributed by atoms with Crippen molar-refractivity contribution in [1.82, 2.24) is 5.32 Å². The summed E-state index contributed by atoms with van der Waals surface area (Å²) in [6.45, 7) is -0.405. The molecule has 0 saturated carbocycles. The average molecular weight is 312 g/mol. The summed E-state index contributed by atoms with van der Waals surface area (Å²) in [7, 11) is 1.52. The van der Waals surface area contributed by atoms with E-state index < -0.39 is 18.5 Å². The lowest BCUT2D eigenvalue weighted by Crippen LogP contribution is -2.21. The fraction of sp³-hybridized carbons (Fsp3) is 0.118. The monoisotopic (exact) mass is 312 g/mol. The van der Waals surface area contributed by atoms with Gasteiger partial charge in [-0.3, -0.25) is 9.59 Å². The van der Waals surface area contributed by atoms with Crippen LogP contribution >= 0.6 is 0 Å². The Labute approximate surface area is 133 Å². The van der Waals surface area contributed by atoms with Gasteiger partial charge in [-0.25, -0.2) is 4.79 Å². The molecule has 6 nitrogen and oxygen atoms in total. The Kier molecular flexibility index (Phi) is 5.46. The second kappa shape index (κ2) is 7.74. The Morgan fingerprint density at radius 3 is 2.35 bits per heavy atom. The summed E-state index contributed by atoms with van der Waals surface area (Å²) in [6.07, 6.45) is 0. The van der Waals surface area contributed by atoms with Gasteiger partial charge in [-0.05, 0) is 30.3 Å². The molecule has 0 atom stereocenters. The molecule has 0 aliphatic heterocycles. The Balaban J connectivity index is 1.90. The second-order valence-corrected chi connectivity index (χ2v) is 4.65. The van der Waals surface area contributed by atoms with Gasteiger partial charge >= 0.3 is 5.97 Å². The van der Waals surface area contributed by atoms with E-state index in [1.54, 1.807) is 48.5 Å². The highest BCUT2D eigenvalue weighted by molar-refractivity contribution is 5.98. The number of rotatable bonds is 5. The quantitative estimate of drug-likeness (QED) is 0.825. The molecular weight excluding hydrogens is 296 g/mol. The maximum absolute atomic E-state index is 11.8. The third-order valence-corrected chi connectivity index (χ3v) is 2.98. The van der Waals surface area contributed by atoms with Gasteiger partial charge in [0.2, 0.25) is 0 Å². The van der Waals surface area contributed by atoms with Crippen LogP contribution in [-0.2, 0) is 9.53 Å². The largest absolute Gasteiger partial charge is 0.452 e. The fourth-order valence-corrected chi connectivity index (χ4v) is 1.87. The van der Waals surface area contributed by atoms with Gasteiger partial charge in [-0.15, -0.1) is 0 Å². The minimum absolute atomic E-state index is 0.253. The minimum atomic E-state index is -0.570. The molecule has 2 N–H and O–H groups in total. The number of benzene rings is 2. The zero-order valence-corrected chi connectivity index (χ0v) is 12.5. The van der Waals surface area contributed by atoms with E-state index in [1.165, 1.54) is 13.1 Å². The lowest BCUT2D eigenvalue weighted by molar-refractivity contribution is -0.119. The maximum Gasteiger partial charge on any atom is 0.338 e. The summed E-state index contributed by atoms with van der Waals surface area (Å²) in [5, 5.41) is 5.07. The molecule has 0 spiro atoms. The molecule has 2 rings (SSSR count). The predicted octanol–water partition coefficient (Wildman–Crippen LogP) is 1.84. The number of hydrogen-bond acceptors (Lipinski definition) is 4. The van der Waals surface area contributed by atoms with E-state index in [-0.39, 0.29) is 5.91 Å². The van der Waals surface area contributed by atoms with E-state index in [1.807, 2.05) is 0 Å². The Morgan fingerprint density at radius 1 is 0.957 bits per heavy atom. The number of carbonyl (C=O) groups is 3. The zero-order valence-electron chi connectivity index (χ0n) is 12.5. The average Bonchev–Trinajstić information content (AvgIpc) is 2.60. The first-order valence-corrected chi connectivity index (χ1v) is 6.94. The van der Waals surface area contributed by atoms with Crippen LogP contribution in [0, 0.1) is 0 Å². The molecule has 0 fully saturated rings. The first-order valence-electron chi connectivity index (χ1n) is 6.94. The number of nitrogens with one attached hydrogen (secondary N) is 2. The van der Waals surface area contributed by atoms with Crippen LogP contribution in [0.25, 0.3) is 0 Å². The van der Waals surface area contributed by atoms with Crippen LogP contribution in [0.1, 0.15) is 20.7 Å². The zero-order chi connectivity index (χ0) is 16.7. The Morgan fingerprint density at radius 2 is 1.65 bits per heavy atom. The van der Waals surface area contributed by atoms with E-state index in [0.29, 0.717) is 16.8 Å². The summed E-state index contributed by atoms with van der Waals surface area (Å²) in [5.41, 5.74) is 1.25. The van der Waals surface area contributed by atoms with Crippen LogP contribution in [0.15, 0.2) is 54.6 Å². The molecular formula is C17H16N2O4. The van der Waals surface area contributed by atoms with Gasteiger partial charge < -0.3 is 15.4 Å². The first-order chi connectivity index (χ1) is 11.1. The van der Waals surface area contributed by atoms with Gasteiger partial charge in [-0.1, -0.05) is 24.3 Å². The minimum Gasteiger partial charge on any atom is -0.452 e. The summed E-state index contributed by atoms with van der Waals surface area (Å²) in [4.78, 5) is 35.1. The summed E-state index contributed by atoms with van der Waals surface area (Å²) in [5.74, 6) is -1.31. The molecule has 0 radical (unpaired) electrons. The molecule has 0 heterocycles. The molecule has 2 aromatic carbocycles. The molecule has 6 heteroatoms. The molecule has 118 valence electrons. The summed E-state index contributed by atoms with van der Waals surface area (Å²) in [6, 6.07) is 14.9. The van der Waals surface area contributed by atoms with Crippen LogP contribution in [0.4, 0.5) is 5.69 Å². The van der Waals surface area contributed by atoms with Gasteiger partial charge in [0, 0.05) is 18.3 Å². The molecule has 2 amide bonds. The van der Waals surface area contributed by atoms with E-state index in [4.69, 9.17) is 4.74 Å². The number of carbonyl (C=O) groups excluding carboxylic acids is 3. The maximum atomic E-state index is 11.8. The number of anilines is 1.